The largest absolute Gasteiger partial charge is 0.466 e. The number of carbonyl (C=O) groups excluding carboxylic acids is 1. The van der Waals surface area contributed by atoms with E-state index < -0.39 is 0 Å². The molecule has 0 aliphatic heterocycles. The maximum absolute atomic E-state index is 13.7. The minimum atomic E-state index is -0.381. The van der Waals surface area contributed by atoms with Gasteiger partial charge in [0.05, 0.1) is 33.9 Å². The molecule has 0 fully saturated rings. The molecule has 0 saturated heterocycles. The first-order valence-electron chi connectivity index (χ1n) is 6.59. The second kappa shape index (κ2) is 6.75. The molecule has 114 valence electrons. The summed E-state index contributed by atoms with van der Waals surface area (Å²) in [6.07, 6.45) is 0.188. The summed E-state index contributed by atoms with van der Waals surface area (Å²) in [5.74, 6) is -0.0767. The van der Waals surface area contributed by atoms with Crippen molar-refractivity contribution in [3.63, 3.8) is 0 Å². The quantitative estimate of drug-likeness (QED) is 0.580. The van der Waals surface area contributed by atoms with E-state index in [9.17, 15) is 9.18 Å². The van der Waals surface area contributed by atoms with Crippen LogP contribution in [0.2, 0.25) is 0 Å². The molecule has 1 atom stereocenters. The first kappa shape index (κ1) is 16.2. The van der Waals surface area contributed by atoms with E-state index in [2.05, 4.69) is 20.9 Å². The SMILES string of the molecule is CCOC(=O)CCn1c(C(C)Cl)nc2cc(Br)c(F)cc21. The van der Waals surface area contributed by atoms with Crippen LogP contribution in [0.25, 0.3) is 11.0 Å². The van der Waals surface area contributed by atoms with Crippen molar-refractivity contribution in [2.75, 3.05) is 6.61 Å². The highest BCUT2D eigenvalue weighted by Crippen LogP contribution is 2.28. The molecule has 2 aromatic rings. The molecular formula is C14H15BrClFN2O2. The third-order valence-corrected chi connectivity index (χ3v) is 3.82. The zero-order valence-electron chi connectivity index (χ0n) is 11.7. The van der Waals surface area contributed by atoms with Gasteiger partial charge in [-0.3, -0.25) is 4.79 Å². The highest BCUT2D eigenvalue weighted by Gasteiger charge is 2.17. The van der Waals surface area contributed by atoms with Crippen LogP contribution in [0, 0.1) is 5.82 Å². The van der Waals surface area contributed by atoms with Gasteiger partial charge in [0.25, 0.3) is 0 Å². The van der Waals surface area contributed by atoms with Crippen molar-refractivity contribution in [3.05, 3.63) is 28.2 Å². The average Bonchev–Trinajstić information content (AvgIpc) is 2.75. The molecule has 0 amide bonds. The number of esters is 1. The molecule has 1 unspecified atom stereocenters. The van der Waals surface area contributed by atoms with Crippen molar-refractivity contribution in [1.82, 2.24) is 9.55 Å². The fourth-order valence-electron chi connectivity index (χ4n) is 2.11. The van der Waals surface area contributed by atoms with Crippen LogP contribution in [0.15, 0.2) is 16.6 Å². The summed E-state index contributed by atoms with van der Waals surface area (Å²) in [6.45, 7) is 4.23. The number of rotatable bonds is 5. The molecule has 0 aliphatic carbocycles. The lowest BCUT2D eigenvalue weighted by molar-refractivity contribution is -0.143. The Morgan fingerprint density at radius 1 is 1.57 bits per heavy atom. The normalized spacial score (nSPS) is 12.6. The van der Waals surface area contributed by atoms with Crippen molar-refractivity contribution in [2.24, 2.45) is 0 Å². The van der Waals surface area contributed by atoms with Crippen molar-refractivity contribution >= 4 is 44.5 Å². The number of aryl methyl sites for hydroxylation is 1. The van der Waals surface area contributed by atoms with E-state index in [0.717, 1.165) is 0 Å². The van der Waals surface area contributed by atoms with Gasteiger partial charge >= 0.3 is 5.97 Å². The number of hydrogen-bond donors (Lipinski definition) is 0. The Morgan fingerprint density at radius 3 is 2.90 bits per heavy atom. The number of aromatic nitrogens is 2. The fraction of sp³-hybridized carbons (Fsp3) is 0.429. The summed E-state index contributed by atoms with van der Waals surface area (Å²) in [5, 5.41) is -0.346. The number of hydrogen-bond acceptors (Lipinski definition) is 3. The van der Waals surface area contributed by atoms with Crippen LogP contribution in [0.3, 0.4) is 0 Å². The average molecular weight is 378 g/mol. The molecule has 21 heavy (non-hydrogen) atoms. The van der Waals surface area contributed by atoms with Gasteiger partial charge in [-0.15, -0.1) is 11.6 Å². The summed E-state index contributed by atoms with van der Waals surface area (Å²) < 4.78 is 20.8. The molecule has 4 nitrogen and oxygen atoms in total. The number of fused-ring (bicyclic) bond motifs is 1. The number of alkyl halides is 1. The van der Waals surface area contributed by atoms with Gasteiger partial charge in [-0.25, -0.2) is 9.37 Å². The van der Waals surface area contributed by atoms with E-state index in [1.54, 1.807) is 24.5 Å². The molecular weight excluding hydrogens is 363 g/mol. The Morgan fingerprint density at radius 2 is 2.29 bits per heavy atom. The van der Waals surface area contributed by atoms with Gasteiger partial charge in [0, 0.05) is 12.6 Å². The molecule has 0 spiro atoms. The molecule has 0 aliphatic rings. The molecule has 0 radical (unpaired) electrons. The van der Waals surface area contributed by atoms with E-state index >= 15 is 0 Å². The Bertz CT molecular complexity index is 673. The molecule has 1 heterocycles. The number of benzene rings is 1. The lowest BCUT2D eigenvalue weighted by atomic mass is 10.3. The second-order valence-corrected chi connectivity index (χ2v) is 6.06. The van der Waals surface area contributed by atoms with Gasteiger partial charge in [-0.2, -0.15) is 0 Å². The maximum atomic E-state index is 13.7. The van der Waals surface area contributed by atoms with Gasteiger partial charge in [-0.1, -0.05) is 0 Å². The van der Waals surface area contributed by atoms with E-state index in [0.29, 0.717) is 34.5 Å². The summed E-state index contributed by atoms with van der Waals surface area (Å²) in [7, 11) is 0. The summed E-state index contributed by atoms with van der Waals surface area (Å²) in [4.78, 5) is 15.9. The summed E-state index contributed by atoms with van der Waals surface area (Å²) >= 11 is 9.27. The van der Waals surface area contributed by atoms with E-state index in [4.69, 9.17) is 16.3 Å². The molecule has 1 aromatic carbocycles. The summed E-state index contributed by atoms with van der Waals surface area (Å²) in [6, 6.07) is 2.99. The van der Waals surface area contributed by atoms with Crippen LogP contribution in [-0.4, -0.2) is 22.1 Å². The molecule has 0 N–H and O–H groups in total. The van der Waals surface area contributed by atoms with E-state index in [1.165, 1.54) is 6.07 Å². The molecule has 7 heteroatoms. The standard InChI is InChI=1S/C14H15BrClFN2O2/c1-3-21-13(20)4-5-19-12-7-10(17)9(15)6-11(12)18-14(19)8(2)16/h6-8H,3-5H2,1-2H3. The van der Waals surface area contributed by atoms with Crippen LogP contribution >= 0.6 is 27.5 Å². The monoisotopic (exact) mass is 376 g/mol. The van der Waals surface area contributed by atoms with Gasteiger partial charge in [-0.05, 0) is 35.8 Å². The van der Waals surface area contributed by atoms with Crippen molar-refractivity contribution in [3.8, 4) is 0 Å². The minimum absolute atomic E-state index is 0.188. The van der Waals surface area contributed by atoms with E-state index in [1.807, 2.05) is 0 Å². The predicted molar refractivity (Wildman–Crippen MR) is 82.9 cm³/mol. The Labute approximate surface area is 135 Å². The molecule has 1 aromatic heterocycles. The van der Waals surface area contributed by atoms with Crippen molar-refractivity contribution in [2.45, 2.75) is 32.2 Å². The minimum Gasteiger partial charge on any atom is -0.466 e. The third-order valence-electron chi connectivity index (χ3n) is 3.02. The summed E-state index contributed by atoms with van der Waals surface area (Å²) in [5.41, 5.74) is 1.25. The highest BCUT2D eigenvalue weighted by molar-refractivity contribution is 9.10. The molecule has 0 bridgehead atoms. The molecule has 0 saturated carbocycles. The van der Waals surface area contributed by atoms with Crippen LogP contribution in [0.1, 0.15) is 31.5 Å². The zero-order chi connectivity index (χ0) is 15.6. The van der Waals surface area contributed by atoms with Gasteiger partial charge in [0.1, 0.15) is 11.6 Å². The van der Waals surface area contributed by atoms with Crippen molar-refractivity contribution < 1.29 is 13.9 Å². The Balaban J connectivity index is 2.41. The van der Waals surface area contributed by atoms with Crippen LogP contribution in [0.5, 0.6) is 0 Å². The third kappa shape index (κ3) is 3.55. The zero-order valence-corrected chi connectivity index (χ0v) is 14.0. The second-order valence-electron chi connectivity index (χ2n) is 4.55. The van der Waals surface area contributed by atoms with E-state index in [-0.39, 0.29) is 23.6 Å². The Kier molecular flexibility index (Phi) is 5.22. The molecule has 2 rings (SSSR count). The Hall–Kier alpha value is -1.14. The number of halogens is 3. The van der Waals surface area contributed by atoms with Gasteiger partial charge in [0.2, 0.25) is 0 Å². The van der Waals surface area contributed by atoms with Gasteiger partial charge < -0.3 is 9.30 Å². The first-order valence-corrected chi connectivity index (χ1v) is 7.81. The first-order chi connectivity index (χ1) is 9.93. The van der Waals surface area contributed by atoms with Crippen LogP contribution in [0.4, 0.5) is 4.39 Å². The smallest absolute Gasteiger partial charge is 0.307 e. The maximum Gasteiger partial charge on any atom is 0.307 e. The number of nitrogens with zero attached hydrogens (tertiary/aromatic N) is 2. The lowest BCUT2D eigenvalue weighted by Crippen LogP contribution is -2.11. The number of carbonyl (C=O) groups is 1. The van der Waals surface area contributed by atoms with Crippen LogP contribution in [-0.2, 0) is 16.1 Å². The van der Waals surface area contributed by atoms with Crippen LogP contribution < -0.4 is 0 Å². The van der Waals surface area contributed by atoms with Gasteiger partial charge in [0.15, 0.2) is 0 Å². The topological polar surface area (TPSA) is 44.1 Å². The predicted octanol–water partition coefficient (Wildman–Crippen LogP) is 4.19. The number of ether oxygens (including phenoxy) is 1. The lowest BCUT2D eigenvalue weighted by Gasteiger charge is -2.10. The fourth-order valence-corrected chi connectivity index (χ4v) is 2.61. The highest BCUT2D eigenvalue weighted by atomic mass is 79.9. The number of imidazole rings is 1. The van der Waals surface area contributed by atoms with Crippen molar-refractivity contribution in [1.29, 1.82) is 0 Å².